The molecule has 1 aliphatic carbocycles. The first-order chi connectivity index (χ1) is 8.99. The van der Waals surface area contributed by atoms with E-state index in [0.29, 0.717) is 24.5 Å². The molecule has 0 amide bonds. The molecule has 0 aliphatic heterocycles. The van der Waals surface area contributed by atoms with E-state index < -0.39 is 0 Å². The molecule has 0 saturated heterocycles. The summed E-state index contributed by atoms with van der Waals surface area (Å²) in [5, 5.41) is 3.43. The number of anilines is 1. The molecule has 1 fully saturated rings. The lowest BCUT2D eigenvalue weighted by Crippen LogP contribution is -2.35. The van der Waals surface area contributed by atoms with Crippen molar-refractivity contribution in [2.75, 3.05) is 11.9 Å². The summed E-state index contributed by atoms with van der Waals surface area (Å²) in [5.74, 6) is 1.15. The number of rotatable bonds is 6. The van der Waals surface area contributed by atoms with Crippen molar-refractivity contribution in [3.05, 3.63) is 23.6 Å². The molecular weight excluding hydrogens is 241 g/mol. The van der Waals surface area contributed by atoms with Crippen LogP contribution in [0, 0.1) is 11.7 Å². The molecule has 1 aromatic heterocycles. The third-order valence-electron chi connectivity index (χ3n) is 3.98. The molecule has 1 N–H and O–H groups in total. The smallest absolute Gasteiger partial charge is 0.141 e. The van der Waals surface area contributed by atoms with Crippen molar-refractivity contribution < 1.29 is 4.39 Å². The van der Waals surface area contributed by atoms with Crippen LogP contribution < -0.4 is 10.2 Å². The van der Waals surface area contributed by atoms with Crippen LogP contribution in [-0.2, 0) is 6.54 Å². The average molecular weight is 265 g/mol. The minimum atomic E-state index is -0.262. The van der Waals surface area contributed by atoms with Crippen molar-refractivity contribution in [2.45, 2.75) is 52.2 Å². The van der Waals surface area contributed by atoms with Crippen LogP contribution in [0.25, 0.3) is 0 Å². The van der Waals surface area contributed by atoms with E-state index in [1.165, 1.54) is 19.0 Å². The Morgan fingerprint density at radius 3 is 2.68 bits per heavy atom. The van der Waals surface area contributed by atoms with Gasteiger partial charge in [-0.15, -0.1) is 0 Å². The number of hydrogen-bond acceptors (Lipinski definition) is 3. The predicted molar refractivity (Wildman–Crippen MR) is 76.8 cm³/mol. The van der Waals surface area contributed by atoms with Crippen LogP contribution in [0.3, 0.4) is 0 Å². The molecule has 4 heteroatoms. The molecule has 3 nitrogen and oxygen atoms in total. The number of nitrogens with zero attached hydrogens (tertiary/aromatic N) is 2. The van der Waals surface area contributed by atoms with Gasteiger partial charge in [-0.05, 0) is 31.7 Å². The van der Waals surface area contributed by atoms with Crippen LogP contribution in [0.2, 0.25) is 0 Å². The largest absolute Gasteiger partial charge is 0.356 e. The third-order valence-corrected chi connectivity index (χ3v) is 3.98. The molecule has 106 valence electrons. The zero-order chi connectivity index (χ0) is 14.0. The summed E-state index contributed by atoms with van der Waals surface area (Å²) in [7, 11) is 2.03. The van der Waals surface area contributed by atoms with E-state index in [1.54, 1.807) is 6.07 Å². The summed E-state index contributed by atoms with van der Waals surface area (Å²) >= 11 is 0. The lowest BCUT2D eigenvalue weighted by Gasteiger charge is -2.30. The highest BCUT2D eigenvalue weighted by molar-refractivity contribution is 5.47. The molecule has 1 atom stereocenters. The first-order valence-electron chi connectivity index (χ1n) is 7.09. The van der Waals surface area contributed by atoms with Gasteiger partial charge >= 0.3 is 0 Å². The van der Waals surface area contributed by atoms with Gasteiger partial charge in [0.1, 0.15) is 11.6 Å². The second kappa shape index (κ2) is 5.87. The average Bonchev–Trinajstić information content (AvgIpc) is 3.18. The number of pyridine rings is 1. The molecule has 0 aromatic carbocycles. The normalized spacial score (nSPS) is 16.7. The van der Waals surface area contributed by atoms with E-state index in [-0.39, 0.29) is 5.82 Å². The molecule has 0 radical (unpaired) electrons. The first-order valence-corrected chi connectivity index (χ1v) is 7.09. The second-order valence-electron chi connectivity index (χ2n) is 5.89. The van der Waals surface area contributed by atoms with Crippen LogP contribution in [0.5, 0.6) is 0 Å². The fourth-order valence-corrected chi connectivity index (χ4v) is 2.10. The Labute approximate surface area is 115 Å². The van der Waals surface area contributed by atoms with Crippen molar-refractivity contribution in [1.29, 1.82) is 0 Å². The lowest BCUT2D eigenvalue weighted by molar-refractivity contribution is 0.499. The Morgan fingerprint density at radius 2 is 2.11 bits per heavy atom. The van der Waals surface area contributed by atoms with Crippen molar-refractivity contribution in [1.82, 2.24) is 10.3 Å². The molecule has 0 spiro atoms. The highest BCUT2D eigenvalue weighted by Gasteiger charge is 2.22. The van der Waals surface area contributed by atoms with Crippen molar-refractivity contribution in [3.8, 4) is 0 Å². The highest BCUT2D eigenvalue weighted by Crippen LogP contribution is 2.24. The fraction of sp³-hybridized carbons (Fsp3) is 0.667. The minimum absolute atomic E-state index is 0.262. The van der Waals surface area contributed by atoms with Crippen molar-refractivity contribution >= 4 is 5.82 Å². The van der Waals surface area contributed by atoms with Gasteiger partial charge in [0.05, 0.1) is 6.20 Å². The maximum Gasteiger partial charge on any atom is 0.141 e. The standard InChI is InChI=1S/C15H24FN3/c1-10(2)11(3)19(4)15-12(7-13(16)9-18-15)8-17-14-5-6-14/h7,9-11,14,17H,5-6,8H2,1-4H3. The van der Waals surface area contributed by atoms with Crippen LogP contribution in [0.4, 0.5) is 10.2 Å². The van der Waals surface area contributed by atoms with Crippen molar-refractivity contribution in [3.63, 3.8) is 0 Å². The van der Waals surface area contributed by atoms with Crippen LogP contribution in [-0.4, -0.2) is 24.1 Å². The number of aromatic nitrogens is 1. The molecule has 1 aliphatic rings. The van der Waals surface area contributed by atoms with Gasteiger partial charge in [-0.3, -0.25) is 0 Å². The van der Waals surface area contributed by atoms with Gasteiger partial charge in [0.2, 0.25) is 0 Å². The Morgan fingerprint density at radius 1 is 1.42 bits per heavy atom. The summed E-state index contributed by atoms with van der Waals surface area (Å²) in [6.45, 7) is 7.24. The van der Waals surface area contributed by atoms with E-state index in [1.807, 2.05) is 7.05 Å². The SMILES string of the molecule is CC(C)C(C)N(C)c1ncc(F)cc1CNC1CC1. The molecular formula is C15H24FN3. The van der Waals surface area contributed by atoms with Gasteiger partial charge in [0.25, 0.3) is 0 Å². The van der Waals surface area contributed by atoms with Gasteiger partial charge in [-0.1, -0.05) is 13.8 Å². The van der Waals surface area contributed by atoms with Gasteiger partial charge < -0.3 is 10.2 Å². The maximum absolute atomic E-state index is 13.4. The Balaban J connectivity index is 2.16. The second-order valence-corrected chi connectivity index (χ2v) is 5.89. The van der Waals surface area contributed by atoms with Gasteiger partial charge in [-0.2, -0.15) is 0 Å². The van der Waals surface area contributed by atoms with E-state index in [2.05, 4.69) is 36.0 Å². The monoisotopic (exact) mass is 265 g/mol. The van der Waals surface area contributed by atoms with Crippen LogP contribution in [0.1, 0.15) is 39.2 Å². The topological polar surface area (TPSA) is 28.2 Å². The maximum atomic E-state index is 13.4. The molecule has 19 heavy (non-hydrogen) atoms. The lowest BCUT2D eigenvalue weighted by atomic mass is 10.0. The zero-order valence-corrected chi connectivity index (χ0v) is 12.3. The van der Waals surface area contributed by atoms with Gasteiger partial charge in [0.15, 0.2) is 0 Å². The summed E-state index contributed by atoms with van der Waals surface area (Å²) in [5.41, 5.74) is 0.946. The molecule has 1 saturated carbocycles. The van der Waals surface area contributed by atoms with Crippen LogP contribution in [0.15, 0.2) is 12.3 Å². The van der Waals surface area contributed by atoms with Crippen molar-refractivity contribution in [2.24, 2.45) is 5.92 Å². The molecule has 1 aromatic rings. The first kappa shape index (κ1) is 14.3. The van der Waals surface area contributed by atoms with Gasteiger partial charge in [-0.25, -0.2) is 9.37 Å². The highest BCUT2D eigenvalue weighted by atomic mass is 19.1. The van der Waals surface area contributed by atoms with Crippen LogP contribution >= 0.6 is 0 Å². The summed E-state index contributed by atoms with van der Waals surface area (Å²) in [4.78, 5) is 6.44. The summed E-state index contributed by atoms with van der Waals surface area (Å²) in [6.07, 6.45) is 3.77. The molecule has 1 unspecified atom stereocenters. The molecule has 2 rings (SSSR count). The minimum Gasteiger partial charge on any atom is -0.356 e. The van der Waals surface area contributed by atoms with E-state index in [4.69, 9.17) is 0 Å². The fourth-order valence-electron chi connectivity index (χ4n) is 2.10. The van der Waals surface area contributed by atoms with E-state index >= 15 is 0 Å². The zero-order valence-electron chi connectivity index (χ0n) is 12.3. The predicted octanol–water partition coefficient (Wildman–Crippen LogP) is 2.95. The molecule has 0 bridgehead atoms. The quantitative estimate of drug-likeness (QED) is 0.857. The summed E-state index contributed by atoms with van der Waals surface area (Å²) < 4.78 is 13.4. The Hall–Kier alpha value is -1.16. The number of nitrogens with one attached hydrogen (secondary N) is 1. The Bertz CT molecular complexity index is 429. The third kappa shape index (κ3) is 3.66. The van der Waals surface area contributed by atoms with Gasteiger partial charge in [0, 0.05) is 31.2 Å². The summed E-state index contributed by atoms with van der Waals surface area (Å²) in [6, 6.07) is 2.59. The number of halogens is 1. The van der Waals surface area contributed by atoms with E-state index in [9.17, 15) is 4.39 Å². The Kier molecular flexibility index (Phi) is 4.40. The number of hydrogen-bond donors (Lipinski definition) is 1. The van der Waals surface area contributed by atoms with E-state index in [0.717, 1.165) is 11.4 Å². The molecule has 1 heterocycles.